The average molecular weight is 534 g/mol. The number of β-lactam (4-membered cyclic amide) rings is 1. The number of carbonyl (C=O) groups is 4. The highest BCUT2D eigenvalue weighted by molar-refractivity contribution is 8.00. The van der Waals surface area contributed by atoms with E-state index in [0.29, 0.717) is 0 Å². The van der Waals surface area contributed by atoms with E-state index in [1.807, 2.05) is 0 Å². The van der Waals surface area contributed by atoms with Crippen LogP contribution in [0.25, 0.3) is 0 Å². The molecule has 2 aliphatic heterocycles. The second-order valence-electron chi connectivity index (χ2n) is 6.98. The number of carboxylic acid groups (broad SMARTS) is 1. The molecule has 17 heteroatoms. The van der Waals surface area contributed by atoms with E-state index in [4.69, 9.17) is 5.73 Å². The third-order valence-corrected chi connectivity index (χ3v) is 8.13. The van der Waals surface area contributed by atoms with Crippen molar-refractivity contribution in [2.75, 3.05) is 29.6 Å². The number of nitrogens with two attached hydrogens (primary N) is 1. The molecule has 1 fully saturated rings. The maximum atomic E-state index is 12.7. The molecule has 0 radical (unpaired) electrons. The summed E-state index contributed by atoms with van der Waals surface area (Å²) >= 11 is 2.04. The van der Waals surface area contributed by atoms with Crippen molar-refractivity contribution in [3.63, 3.8) is 0 Å². The van der Waals surface area contributed by atoms with Crippen LogP contribution in [0.1, 0.15) is 12.6 Å². The molecule has 0 saturated carbocycles. The maximum Gasteiger partial charge on any atom is 0.352 e. The molecule has 1 aromatic heterocycles. The number of thiazole rings is 1. The van der Waals surface area contributed by atoms with E-state index in [9.17, 15) is 37.9 Å². The maximum absolute atomic E-state index is 12.7. The zero-order valence-corrected chi connectivity index (χ0v) is 19.9. The van der Waals surface area contributed by atoms with Crippen LogP contribution in [0.5, 0.6) is 0 Å². The van der Waals surface area contributed by atoms with Gasteiger partial charge in [0.2, 0.25) is 0 Å². The Morgan fingerprint density at radius 2 is 2.12 bits per heavy atom. The summed E-state index contributed by atoms with van der Waals surface area (Å²) in [5, 5.41) is 24.8. The monoisotopic (exact) mass is 533 g/mol. The summed E-state index contributed by atoms with van der Waals surface area (Å²) < 4.78 is 29.3. The third kappa shape index (κ3) is 5.15. The van der Waals surface area contributed by atoms with Gasteiger partial charge in [-0.2, -0.15) is 0 Å². The fourth-order valence-electron chi connectivity index (χ4n) is 3.31. The number of esters is 1. The number of aliphatic carboxylic acids is 1. The van der Waals surface area contributed by atoms with Gasteiger partial charge in [-0.3, -0.25) is 19.3 Å². The molecule has 34 heavy (non-hydrogen) atoms. The Kier molecular flexibility index (Phi) is 7.47. The number of rotatable bonds is 9. The minimum atomic E-state index is -4.06. The zero-order valence-electron chi connectivity index (χ0n) is 17.5. The van der Waals surface area contributed by atoms with Crippen LogP contribution in [0.2, 0.25) is 0 Å². The van der Waals surface area contributed by atoms with E-state index in [-0.39, 0.29) is 28.8 Å². The predicted molar refractivity (Wildman–Crippen MR) is 120 cm³/mol. The summed E-state index contributed by atoms with van der Waals surface area (Å²) in [7, 11) is -4.06. The zero-order chi connectivity index (χ0) is 25.2. The standard InChI is InChI=1S/C17H19N5O9S3/c1-2-31-9(23)6-34(29,30)5-7-3-32-15-11(14(25)22(15)12(7)16(26)27)20-13(24)10(21-28)8-4-33-17(18)19-8/h4,11,15,28H,2-3,5-6H2,1H3,(H2,18,19)(H,20,24)(H,26,27)/b21-10-/t11?,15-/m1/s1. The van der Waals surface area contributed by atoms with Crippen LogP contribution in [0.4, 0.5) is 5.13 Å². The van der Waals surface area contributed by atoms with Gasteiger partial charge in [-0.25, -0.2) is 18.2 Å². The molecule has 184 valence electrons. The van der Waals surface area contributed by atoms with Crippen molar-refractivity contribution >= 4 is 67.5 Å². The Morgan fingerprint density at radius 3 is 2.68 bits per heavy atom. The van der Waals surface area contributed by atoms with E-state index in [0.717, 1.165) is 28.0 Å². The van der Waals surface area contributed by atoms with Crippen LogP contribution in [-0.2, 0) is 33.8 Å². The van der Waals surface area contributed by atoms with Gasteiger partial charge >= 0.3 is 11.9 Å². The number of nitrogens with zero attached hydrogens (tertiary/aromatic N) is 3. The smallest absolute Gasteiger partial charge is 0.352 e. The molecule has 2 aliphatic rings. The lowest BCUT2D eigenvalue weighted by Gasteiger charge is -2.49. The lowest BCUT2D eigenvalue weighted by Crippen LogP contribution is -2.71. The van der Waals surface area contributed by atoms with Crippen molar-refractivity contribution < 1.29 is 42.6 Å². The first-order valence-corrected chi connectivity index (χ1v) is 13.2. The molecular weight excluding hydrogens is 514 g/mol. The largest absolute Gasteiger partial charge is 0.477 e. The van der Waals surface area contributed by atoms with Crippen molar-refractivity contribution in [1.29, 1.82) is 0 Å². The van der Waals surface area contributed by atoms with Gasteiger partial charge in [-0.1, -0.05) is 5.16 Å². The fourth-order valence-corrected chi connectivity index (χ4v) is 6.65. The number of thioether (sulfide) groups is 1. The Labute approximate surface area is 200 Å². The van der Waals surface area contributed by atoms with Gasteiger partial charge in [-0.15, -0.1) is 23.1 Å². The third-order valence-electron chi connectivity index (χ3n) is 4.65. The fraction of sp³-hybridized carbons (Fsp3) is 0.412. The molecular formula is C17H19N5O9S3. The molecule has 0 aliphatic carbocycles. The van der Waals surface area contributed by atoms with E-state index >= 15 is 0 Å². The highest BCUT2D eigenvalue weighted by Gasteiger charge is 2.54. The van der Waals surface area contributed by atoms with Gasteiger partial charge in [0.15, 0.2) is 20.7 Å². The molecule has 5 N–H and O–H groups in total. The molecule has 3 heterocycles. The number of nitrogens with one attached hydrogen (secondary N) is 1. The summed E-state index contributed by atoms with van der Waals surface area (Å²) in [5.41, 5.74) is 4.43. The Bertz CT molecular complexity index is 1210. The number of carbonyl (C=O) groups excluding carboxylic acids is 3. The molecule has 0 bridgehead atoms. The molecule has 14 nitrogen and oxygen atoms in total. The van der Waals surface area contributed by atoms with E-state index in [1.54, 1.807) is 0 Å². The SMILES string of the molecule is CCOC(=O)CS(=O)(=O)CC1=C(C(=O)O)N2C(=O)C(NC(=O)/C(=N\O)c3csc(N)n3)[C@H]2SC1. The summed E-state index contributed by atoms with van der Waals surface area (Å²) in [6, 6.07) is -1.16. The number of nitrogen functional groups attached to an aromatic ring is 1. The summed E-state index contributed by atoms with van der Waals surface area (Å²) in [4.78, 5) is 53.4. The number of amides is 2. The van der Waals surface area contributed by atoms with Gasteiger partial charge < -0.3 is 26.1 Å². The average Bonchev–Trinajstić information content (AvgIpc) is 3.17. The van der Waals surface area contributed by atoms with E-state index in [1.165, 1.54) is 12.3 Å². The number of anilines is 1. The number of hydrogen-bond donors (Lipinski definition) is 4. The second-order valence-corrected chi connectivity index (χ2v) is 11.0. The summed E-state index contributed by atoms with van der Waals surface area (Å²) in [6.07, 6.45) is 0. The van der Waals surface area contributed by atoms with Crippen LogP contribution in [0, 0.1) is 0 Å². The minimum Gasteiger partial charge on any atom is -0.477 e. The number of aromatic nitrogens is 1. The molecule has 1 aromatic rings. The molecule has 2 atom stereocenters. The first kappa shape index (κ1) is 25.4. The Balaban J connectivity index is 1.77. The predicted octanol–water partition coefficient (Wildman–Crippen LogP) is -1.38. The van der Waals surface area contributed by atoms with Gasteiger partial charge in [0.05, 0.1) is 12.4 Å². The number of oxime groups is 1. The van der Waals surface area contributed by atoms with Crippen LogP contribution in [-0.4, -0.2) is 93.4 Å². The lowest BCUT2D eigenvalue weighted by molar-refractivity contribution is -0.150. The first-order chi connectivity index (χ1) is 16.0. The number of carboxylic acids is 1. The van der Waals surface area contributed by atoms with Gasteiger partial charge in [-0.05, 0) is 12.5 Å². The van der Waals surface area contributed by atoms with Gasteiger partial charge in [0.25, 0.3) is 11.8 Å². The van der Waals surface area contributed by atoms with Crippen molar-refractivity contribution in [2.45, 2.75) is 18.3 Å². The lowest BCUT2D eigenvalue weighted by atomic mass is 10.0. The van der Waals surface area contributed by atoms with E-state index in [2.05, 4.69) is 20.2 Å². The minimum absolute atomic E-state index is 0.0110. The normalized spacial score (nSPS) is 20.4. The topological polar surface area (TPSA) is 219 Å². The van der Waals surface area contributed by atoms with Crippen LogP contribution < -0.4 is 11.1 Å². The number of fused-ring (bicyclic) bond motifs is 1. The molecule has 1 saturated heterocycles. The molecule has 0 spiro atoms. The summed E-state index contributed by atoms with van der Waals surface area (Å²) in [5.74, 6) is -5.97. The van der Waals surface area contributed by atoms with Crippen molar-refractivity contribution in [3.8, 4) is 0 Å². The second kappa shape index (κ2) is 9.98. The number of sulfone groups is 1. The van der Waals surface area contributed by atoms with Crippen molar-refractivity contribution in [1.82, 2.24) is 15.2 Å². The van der Waals surface area contributed by atoms with Crippen molar-refractivity contribution in [3.05, 3.63) is 22.3 Å². The quantitative estimate of drug-likeness (QED) is 0.0949. The van der Waals surface area contributed by atoms with Crippen LogP contribution in [0.3, 0.4) is 0 Å². The molecule has 0 aromatic carbocycles. The van der Waals surface area contributed by atoms with E-state index < -0.39 is 67.9 Å². The molecule has 2 amide bonds. The highest BCUT2D eigenvalue weighted by Crippen LogP contribution is 2.40. The van der Waals surface area contributed by atoms with Gasteiger partial charge in [0.1, 0.15) is 28.6 Å². The van der Waals surface area contributed by atoms with Crippen LogP contribution in [0.15, 0.2) is 21.8 Å². The van der Waals surface area contributed by atoms with Crippen molar-refractivity contribution in [2.24, 2.45) is 5.16 Å². The first-order valence-electron chi connectivity index (χ1n) is 9.49. The number of ether oxygens (including phenoxy) is 1. The highest BCUT2D eigenvalue weighted by atomic mass is 32.2. The van der Waals surface area contributed by atoms with Crippen LogP contribution >= 0.6 is 23.1 Å². The Morgan fingerprint density at radius 1 is 1.41 bits per heavy atom. The number of hydrogen-bond acceptors (Lipinski definition) is 13. The molecule has 3 rings (SSSR count). The summed E-state index contributed by atoms with van der Waals surface area (Å²) in [6.45, 7) is 1.50. The Hall–Kier alpha value is -3.18. The molecule has 1 unspecified atom stereocenters. The van der Waals surface area contributed by atoms with Gasteiger partial charge in [0, 0.05) is 11.1 Å².